The summed E-state index contributed by atoms with van der Waals surface area (Å²) in [6, 6.07) is 10.9. The van der Waals surface area contributed by atoms with Gasteiger partial charge in [-0.1, -0.05) is 18.2 Å². The molecular formula is C21H22F2N2O3. The van der Waals surface area contributed by atoms with Crippen LogP contribution in [0.3, 0.4) is 0 Å². The van der Waals surface area contributed by atoms with Crippen molar-refractivity contribution in [3.63, 3.8) is 0 Å². The maximum absolute atomic E-state index is 13.8. The molecule has 2 fully saturated rings. The maximum Gasteiger partial charge on any atom is 0.257 e. The number of rotatable bonds is 5. The standard InChI is InChI=1S/C21H22F2N2O3/c22-16-6-5-15(19(23)11-16)12-24-13-17(14-24)28-20-4-2-1-3-18(20)21(26)25-7-9-27-10-8-25/h1-6,11,17H,7-10,12-14H2. The van der Waals surface area contributed by atoms with Crippen LogP contribution in [-0.2, 0) is 11.3 Å². The van der Waals surface area contributed by atoms with Crippen LogP contribution in [0.2, 0.25) is 0 Å². The number of ether oxygens (including phenoxy) is 2. The van der Waals surface area contributed by atoms with E-state index >= 15 is 0 Å². The molecule has 2 saturated heterocycles. The van der Waals surface area contributed by atoms with Crippen LogP contribution in [0.1, 0.15) is 15.9 Å². The second-order valence-corrected chi connectivity index (χ2v) is 7.07. The number of hydrogen-bond donors (Lipinski definition) is 0. The molecule has 7 heteroatoms. The molecule has 4 rings (SSSR count). The van der Waals surface area contributed by atoms with E-state index in [-0.39, 0.29) is 12.0 Å². The summed E-state index contributed by atoms with van der Waals surface area (Å²) in [5, 5.41) is 0. The van der Waals surface area contributed by atoms with Crippen LogP contribution in [0.5, 0.6) is 5.75 Å². The van der Waals surface area contributed by atoms with E-state index < -0.39 is 11.6 Å². The maximum atomic E-state index is 13.8. The van der Waals surface area contributed by atoms with Crippen molar-refractivity contribution in [3.8, 4) is 5.75 Å². The molecule has 0 atom stereocenters. The van der Waals surface area contributed by atoms with Gasteiger partial charge in [0.2, 0.25) is 0 Å². The van der Waals surface area contributed by atoms with E-state index in [1.54, 1.807) is 17.0 Å². The van der Waals surface area contributed by atoms with Gasteiger partial charge in [-0.05, 0) is 18.2 Å². The zero-order valence-electron chi connectivity index (χ0n) is 15.4. The van der Waals surface area contributed by atoms with Crippen molar-refractivity contribution >= 4 is 5.91 Å². The van der Waals surface area contributed by atoms with Crippen molar-refractivity contribution in [2.75, 3.05) is 39.4 Å². The van der Waals surface area contributed by atoms with Gasteiger partial charge in [-0.15, -0.1) is 0 Å². The van der Waals surface area contributed by atoms with Crippen LogP contribution in [0.4, 0.5) is 8.78 Å². The third kappa shape index (κ3) is 4.15. The van der Waals surface area contributed by atoms with Crippen LogP contribution >= 0.6 is 0 Å². The van der Waals surface area contributed by atoms with Crippen molar-refractivity contribution < 1.29 is 23.0 Å². The van der Waals surface area contributed by atoms with Crippen LogP contribution in [0.25, 0.3) is 0 Å². The molecule has 1 amide bonds. The van der Waals surface area contributed by atoms with Crippen LogP contribution < -0.4 is 4.74 Å². The lowest BCUT2D eigenvalue weighted by Crippen LogP contribution is -2.53. The zero-order chi connectivity index (χ0) is 19.5. The molecule has 0 aromatic heterocycles. The summed E-state index contributed by atoms with van der Waals surface area (Å²) in [6.45, 7) is 3.90. The lowest BCUT2D eigenvalue weighted by atomic mass is 10.1. The summed E-state index contributed by atoms with van der Waals surface area (Å²) < 4.78 is 38.1. The highest BCUT2D eigenvalue weighted by molar-refractivity contribution is 5.97. The Morgan fingerprint density at radius 1 is 1.11 bits per heavy atom. The summed E-state index contributed by atoms with van der Waals surface area (Å²) in [6.07, 6.45) is -0.0675. The van der Waals surface area contributed by atoms with Gasteiger partial charge in [0.05, 0.1) is 18.8 Å². The number of carbonyl (C=O) groups excluding carboxylic acids is 1. The van der Waals surface area contributed by atoms with Crippen molar-refractivity contribution in [2.24, 2.45) is 0 Å². The van der Waals surface area contributed by atoms with Crippen LogP contribution in [0, 0.1) is 11.6 Å². The normalized spacial score (nSPS) is 18.0. The zero-order valence-corrected chi connectivity index (χ0v) is 15.4. The van der Waals surface area contributed by atoms with E-state index in [0.29, 0.717) is 62.8 Å². The van der Waals surface area contributed by atoms with Crippen molar-refractivity contribution in [1.82, 2.24) is 9.80 Å². The average molecular weight is 388 g/mol. The summed E-state index contributed by atoms with van der Waals surface area (Å²) in [5.74, 6) is -0.599. The van der Waals surface area contributed by atoms with Gasteiger partial charge in [-0.3, -0.25) is 9.69 Å². The highest BCUT2D eigenvalue weighted by Gasteiger charge is 2.30. The smallest absolute Gasteiger partial charge is 0.257 e. The van der Waals surface area contributed by atoms with Gasteiger partial charge < -0.3 is 14.4 Å². The van der Waals surface area contributed by atoms with Crippen LogP contribution in [-0.4, -0.2) is 61.2 Å². The molecule has 28 heavy (non-hydrogen) atoms. The van der Waals surface area contributed by atoms with Gasteiger partial charge in [0, 0.05) is 44.4 Å². The molecule has 0 N–H and O–H groups in total. The third-order valence-corrected chi connectivity index (χ3v) is 5.04. The topological polar surface area (TPSA) is 42.0 Å². The molecule has 0 spiro atoms. The number of para-hydroxylation sites is 1. The van der Waals surface area contributed by atoms with Gasteiger partial charge in [-0.25, -0.2) is 8.78 Å². The molecule has 0 radical (unpaired) electrons. The second-order valence-electron chi connectivity index (χ2n) is 7.07. The molecular weight excluding hydrogens is 366 g/mol. The number of nitrogens with zero attached hydrogens (tertiary/aromatic N) is 2. The number of halogens is 2. The Bertz CT molecular complexity index is 849. The monoisotopic (exact) mass is 388 g/mol. The quantitative estimate of drug-likeness (QED) is 0.790. The van der Waals surface area contributed by atoms with E-state index in [1.807, 2.05) is 17.0 Å². The van der Waals surface area contributed by atoms with Crippen molar-refractivity contribution in [3.05, 3.63) is 65.2 Å². The summed E-state index contributed by atoms with van der Waals surface area (Å²) in [5.41, 5.74) is 1.01. The van der Waals surface area contributed by atoms with E-state index in [0.717, 1.165) is 6.07 Å². The van der Waals surface area contributed by atoms with E-state index in [4.69, 9.17) is 9.47 Å². The number of likely N-dealkylation sites (tertiary alicyclic amines) is 1. The molecule has 2 heterocycles. The molecule has 0 unspecified atom stereocenters. The number of benzene rings is 2. The molecule has 0 saturated carbocycles. The Morgan fingerprint density at radius 2 is 1.86 bits per heavy atom. The van der Waals surface area contributed by atoms with E-state index in [1.165, 1.54) is 12.1 Å². The molecule has 2 aliphatic rings. The largest absolute Gasteiger partial charge is 0.487 e. The number of carbonyl (C=O) groups is 1. The Kier molecular flexibility index (Phi) is 5.54. The lowest BCUT2D eigenvalue weighted by Gasteiger charge is -2.39. The Hall–Kier alpha value is -2.51. The molecule has 2 aliphatic heterocycles. The minimum Gasteiger partial charge on any atom is -0.487 e. The highest BCUT2D eigenvalue weighted by Crippen LogP contribution is 2.25. The molecule has 0 aliphatic carbocycles. The molecule has 148 valence electrons. The third-order valence-electron chi connectivity index (χ3n) is 5.04. The summed E-state index contributed by atoms with van der Waals surface area (Å²) in [7, 11) is 0. The van der Waals surface area contributed by atoms with Gasteiger partial charge in [0.25, 0.3) is 5.91 Å². The minimum atomic E-state index is -0.576. The Balaban J connectivity index is 1.35. The SMILES string of the molecule is O=C(c1ccccc1OC1CN(Cc2ccc(F)cc2F)C1)N1CCOCC1. The number of amides is 1. The fourth-order valence-electron chi connectivity index (χ4n) is 3.48. The molecule has 2 aromatic rings. The van der Waals surface area contributed by atoms with Crippen LogP contribution in [0.15, 0.2) is 42.5 Å². The summed E-state index contributed by atoms with van der Waals surface area (Å²) in [4.78, 5) is 16.6. The summed E-state index contributed by atoms with van der Waals surface area (Å²) >= 11 is 0. The first-order valence-corrected chi connectivity index (χ1v) is 9.39. The van der Waals surface area contributed by atoms with E-state index in [2.05, 4.69) is 0 Å². The van der Waals surface area contributed by atoms with Gasteiger partial charge in [0.1, 0.15) is 23.5 Å². The fourth-order valence-corrected chi connectivity index (χ4v) is 3.48. The first-order valence-electron chi connectivity index (χ1n) is 9.39. The molecule has 2 aromatic carbocycles. The molecule has 0 bridgehead atoms. The predicted molar refractivity (Wildman–Crippen MR) is 99.2 cm³/mol. The first-order chi connectivity index (χ1) is 13.6. The Labute approximate surface area is 162 Å². The van der Waals surface area contributed by atoms with Crippen molar-refractivity contribution in [2.45, 2.75) is 12.6 Å². The first kappa shape index (κ1) is 18.8. The average Bonchev–Trinajstić information content (AvgIpc) is 2.68. The van der Waals surface area contributed by atoms with E-state index in [9.17, 15) is 13.6 Å². The van der Waals surface area contributed by atoms with Gasteiger partial charge in [0.15, 0.2) is 0 Å². The van der Waals surface area contributed by atoms with Gasteiger partial charge >= 0.3 is 0 Å². The van der Waals surface area contributed by atoms with Crippen molar-refractivity contribution in [1.29, 1.82) is 0 Å². The predicted octanol–water partition coefficient (Wildman–Crippen LogP) is 2.70. The van der Waals surface area contributed by atoms with Gasteiger partial charge in [-0.2, -0.15) is 0 Å². The second kappa shape index (κ2) is 8.24. The lowest BCUT2D eigenvalue weighted by molar-refractivity contribution is 0.0120. The number of hydrogen-bond acceptors (Lipinski definition) is 4. The number of morpholine rings is 1. The molecule has 5 nitrogen and oxygen atoms in total. The minimum absolute atomic E-state index is 0.0523. The fraction of sp³-hybridized carbons (Fsp3) is 0.381. The Morgan fingerprint density at radius 3 is 2.61 bits per heavy atom. The highest BCUT2D eigenvalue weighted by atomic mass is 19.1.